The smallest absolute Gasteiger partial charge is 0.251 e. The number of hydrogen-bond acceptors (Lipinski definition) is 4. The average Bonchev–Trinajstić information content (AvgIpc) is 2.62. The van der Waals surface area contributed by atoms with E-state index >= 15 is 0 Å². The van der Waals surface area contributed by atoms with Gasteiger partial charge in [0.2, 0.25) is 5.91 Å². The number of nitrogens with one attached hydrogen (secondary N) is 2. The number of hydrogen-bond donors (Lipinski definition) is 2. The van der Waals surface area contributed by atoms with Crippen LogP contribution in [0.25, 0.3) is 0 Å². The minimum absolute atomic E-state index is 0.0940. The Balaban J connectivity index is 1.94. The molecule has 0 heterocycles. The zero-order valence-electron chi connectivity index (χ0n) is 13.8. The van der Waals surface area contributed by atoms with Gasteiger partial charge >= 0.3 is 0 Å². The minimum Gasteiger partial charge on any atom is -0.497 e. The Labute approximate surface area is 145 Å². The van der Waals surface area contributed by atoms with Gasteiger partial charge in [0.05, 0.1) is 12.4 Å². The fourth-order valence-electron chi connectivity index (χ4n) is 2.01. The monoisotopic (exact) mass is 344 g/mol. The van der Waals surface area contributed by atoms with E-state index in [1.165, 1.54) is 11.8 Å². The first-order valence-electron chi connectivity index (χ1n) is 7.47. The van der Waals surface area contributed by atoms with Gasteiger partial charge in [-0.15, -0.1) is 11.8 Å². The van der Waals surface area contributed by atoms with Crippen molar-refractivity contribution in [3.05, 3.63) is 54.1 Å². The first-order chi connectivity index (χ1) is 11.5. The standard InChI is InChI=1S/C18H20N2O3S/c1-12(24-16-10-8-15(23-3)9-11-16)17(21)20-14-6-4-13(5-7-14)18(22)19-2/h4-12H,1-3H3,(H,19,22)(H,20,21). The first-order valence-corrected chi connectivity index (χ1v) is 8.35. The van der Waals surface area contributed by atoms with Gasteiger partial charge in [-0.25, -0.2) is 0 Å². The average molecular weight is 344 g/mol. The van der Waals surface area contributed by atoms with Crippen molar-refractivity contribution in [2.75, 3.05) is 19.5 Å². The minimum atomic E-state index is -0.253. The highest BCUT2D eigenvalue weighted by molar-refractivity contribution is 8.00. The summed E-state index contributed by atoms with van der Waals surface area (Å²) in [5.41, 5.74) is 1.21. The van der Waals surface area contributed by atoms with Crippen molar-refractivity contribution in [2.45, 2.75) is 17.1 Å². The summed E-state index contributed by atoms with van der Waals surface area (Å²) in [6, 6.07) is 14.4. The molecule has 5 nitrogen and oxygen atoms in total. The molecule has 2 rings (SSSR count). The third-order valence-corrected chi connectivity index (χ3v) is 4.50. The highest BCUT2D eigenvalue weighted by atomic mass is 32.2. The number of thioether (sulfide) groups is 1. The molecule has 1 atom stereocenters. The molecule has 0 bridgehead atoms. The molecule has 24 heavy (non-hydrogen) atoms. The number of rotatable bonds is 6. The third-order valence-electron chi connectivity index (χ3n) is 3.38. The lowest BCUT2D eigenvalue weighted by Crippen LogP contribution is -2.22. The molecule has 126 valence electrons. The predicted molar refractivity (Wildman–Crippen MR) is 96.8 cm³/mol. The van der Waals surface area contributed by atoms with Crippen molar-refractivity contribution in [1.82, 2.24) is 5.32 Å². The Morgan fingerprint density at radius 2 is 1.67 bits per heavy atom. The van der Waals surface area contributed by atoms with Gasteiger partial charge in [0.1, 0.15) is 5.75 Å². The van der Waals surface area contributed by atoms with Crippen LogP contribution >= 0.6 is 11.8 Å². The fourth-order valence-corrected chi connectivity index (χ4v) is 2.87. The Morgan fingerprint density at radius 3 is 2.21 bits per heavy atom. The van der Waals surface area contributed by atoms with Crippen LogP contribution in [0.5, 0.6) is 5.75 Å². The van der Waals surface area contributed by atoms with Crippen molar-refractivity contribution in [3.8, 4) is 5.75 Å². The van der Waals surface area contributed by atoms with E-state index in [4.69, 9.17) is 4.74 Å². The van der Waals surface area contributed by atoms with Crippen LogP contribution < -0.4 is 15.4 Å². The number of anilines is 1. The zero-order valence-corrected chi connectivity index (χ0v) is 14.6. The number of ether oxygens (including phenoxy) is 1. The summed E-state index contributed by atoms with van der Waals surface area (Å²) in [5.74, 6) is 0.535. The van der Waals surface area contributed by atoms with Gasteiger partial charge < -0.3 is 15.4 Å². The van der Waals surface area contributed by atoms with Crippen molar-refractivity contribution in [1.29, 1.82) is 0 Å². The second-order valence-corrected chi connectivity index (χ2v) is 6.50. The molecule has 2 N–H and O–H groups in total. The predicted octanol–water partition coefficient (Wildman–Crippen LogP) is 3.17. The van der Waals surface area contributed by atoms with E-state index in [9.17, 15) is 9.59 Å². The van der Waals surface area contributed by atoms with Crippen LogP contribution in [0, 0.1) is 0 Å². The molecule has 0 aliphatic rings. The third kappa shape index (κ3) is 4.76. The van der Waals surface area contributed by atoms with Crippen molar-refractivity contribution in [2.24, 2.45) is 0 Å². The molecule has 0 aliphatic carbocycles. The summed E-state index contributed by atoms with van der Waals surface area (Å²) in [5, 5.41) is 5.16. The lowest BCUT2D eigenvalue weighted by molar-refractivity contribution is -0.115. The van der Waals surface area contributed by atoms with E-state index in [-0.39, 0.29) is 17.1 Å². The summed E-state index contributed by atoms with van der Waals surface area (Å²) < 4.78 is 5.12. The molecule has 0 saturated heterocycles. The highest BCUT2D eigenvalue weighted by Crippen LogP contribution is 2.26. The van der Waals surface area contributed by atoms with Crippen molar-refractivity contribution in [3.63, 3.8) is 0 Å². The van der Waals surface area contributed by atoms with E-state index in [0.29, 0.717) is 11.3 Å². The Kier molecular flexibility index (Phi) is 6.26. The van der Waals surface area contributed by atoms with Crippen molar-refractivity contribution >= 4 is 29.3 Å². The van der Waals surface area contributed by atoms with E-state index in [2.05, 4.69) is 10.6 Å². The molecule has 2 aromatic carbocycles. The summed E-state index contributed by atoms with van der Waals surface area (Å²) >= 11 is 1.47. The SMILES string of the molecule is CNC(=O)c1ccc(NC(=O)C(C)Sc2ccc(OC)cc2)cc1. The van der Waals surface area contributed by atoms with Crippen LogP contribution in [0.2, 0.25) is 0 Å². The van der Waals surface area contributed by atoms with Gasteiger partial charge in [0.25, 0.3) is 5.91 Å². The largest absolute Gasteiger partial charge is 0.497 e. The second kappa shape index (κ2) is 8.40. The van der Waals surface area contributed by atoms with E-state index in [1.54, 1.807) is 38.4 Å². The normalized spacial score (nSPS) is 11.5. The van der Waals surface area contributed by atoms with Crippen LogP contribution in [0.15, 0.2) is 53.4 Å². The van der Waals surface area contributed by atoms with Gasteiger partial charge in [0, 0.05) is 23.2 Å². The maximum atomic E-state index is 12.3. The maximum absolute atomic E-state index is 12.3. The molecule has 0 saturated carbocycles. The van der Waals surface area contributed by atoms with Gasteiger partial charge in [0.15, 0.2) is 0 Å². The summed E-state index contributed by atoms with van der Waals surface area (Å²) in [6.07, 6.45) is 0. The molecule has 0 spiro atoms. The van der Waals surface area contributed by atoms with Crippen LogP contribution in [-0.2, 0) is 4.79 Å². The van der Waals surface area contributed by atoms with Crippen molar-refractivity contribution < 1.29 is 14.3 Å². The van der Waals surface area contributed by atoms with Crippen LogP contribution in [0.3, 0.4) is 0 Å². The van der Waals surface area contributed by atoms with Gasteiger partial charge in [-0.2, -0.15) is 0 Å². The molecule has 6 heteroatoms. The molecular formula is C18H20N2O3S. The van der Waals surface area contributed by atoms with Gasteiger partial charge in [-0.05, 0) is 55.5 Å². The van der Waals surface area contributed by atoms with E-state index in [0.717, 1.165) is 10.6 Å². The van der Waals surface area contributed by atoms with Crippen LogP contribution in [-0.4, -0.2) is 31.2 Å². The molecule has 2 amide bonds. The summed E-state index contributed by atoms with van der Waals surface area (Å²) in [7, 11) is 3.20. The number of carbonyl (C=O) groups is 2. The van der Waals surface area contributed by atoms with Crippen LogP contribution in [0.4, 0.5) is 5.69 Å². The van der Waals surface area contributed by atoms with E-state index < -0.39 is 0 Å². The molecule has 0 aliphatic heterocycles. The summed E-state index contributed by atoms with van der Waals surface area (Å²) in [4.78, 5) is 24.8. The number of amides is 2. The lowest BCUT2D eigenvalue weighted by Gasteiger charge is -2.12. The number of benzene rings is 2. The lowest BCUT2D eigenvalue weighted by atomic mass is 10.2. The number of carbonyl (C=O) groups excluding carboxylic acids is 2. The topological polar surface area (TPSA) is 67.4 Å². The molecule has 2 aromatic rings. The highest BCUT2D eigenvalue weighted by Gasteiger charge is 2.15. The Hall–Kier alpha value is -2.47. The second-order valence-electron chi connectivity index (χ2n) is 5.08. The number of methoxy groups -OCH3 is 1. The van der Waals surface area contributed by atoms with Crippen LogP contribution in [0.1, 0.15) is 17.3 Å². The van der Waals surface area contributed by atoms with Gasteiger partial charge in [-0.1, -0.05) is 0 Å². The molecule has 1 unspecified atom stereocenters. The first kappa shape index (κ1) is 17.9. The zero-order chi connectivity index (χ0) is 17.5. The Morgan fingerprint density at radius 1 is 1.04 bits per heavy atom. The Bertz CT molecular complexity index is 699. The van der Waals surface area contributed by atoms with Gasteiger partial charge in [-0.3, -0.25) is 9.59 Å². The van der Waals surface area contributed by atoms with E-state index in [1.807, 2.05) is 31.2 Å². The molecular weight excluding hydrogens is 324 g/mol. The molecule has 0 aromatic heterocycles. The maximum Gasteiger partial charge on any atom is 0.251 e. The quantitative estimate of drug-likeness (QED) is 0.790. The summed E-state index contributed by atoms with van der Waals surface area (Å²) in [6.45, 7) is 1.85. The molecule has 0 fully saturated rings. The molecule has 0 radical (unpaired) electrons. The fraction of sp³-hybridized carbons (Fsp3) is 0.222.